The van der Waals surface area contributed by atoms with E-state index in [0.717, 1.165) is 4.47 Å². The third-order valence-electron chi connectivity index (χ3n) is 2.22. The first kappa shape index (κ1) is 10.8. The molecule has 1 heterocycles. The van der Waals surface area contributed by atoms with Crippen molar-refractivity contribution in [2.45, 2.75) is 0 Å². The van der Waals surface area contributed by atoms with E-state index in [1.54, 1.807) is 18.2 Å². The van der Waals surface area contributed by atoms with E-state index >= 15 is 0 Å². The fraction of sp³-hybridized carbons (Fsp3) is 0. The summed E-state index contributed by atoms with van der Waals surface area (Å²) in [6, 6.07) is 5.22. The standard InChI is InChI=1S/C10H8BrN3O2/c11-5-1-2-8-6(3-5)9(15)7(4-13-8)10(16)14-12/h1-4H,12H2,(H,13,15)(H,14,16). The van der Waals surface area contributed by atoms with Crippen LogP contribution in [-0.2, 0) is 0 Å². The molecule has 0 saturated carbocycles. The zero-order chi connectivity index (χ0) is 11.7. The summed E-state index contributed by atoms with van der Waals surface area (Å²) in [6.45, 7) is 0. The van der Waals surface area contributed by atoms with E-state index in [9.17, 15) is 9.59 Å². The molecule has 4 N–H and O–H groups in total. The van der Waals surface area contributed by atoms with Crippen LogP contribution in [0.2, 0.25) is 0 Å². The monoisotopic (exact) mass is 281 g/mol. The summed E-state index contributed by atoms with van der Waals surface area (Å²) in [5.74, 6) is 4.38. The molecule has 0 aliphatic rings. The molecule has 0 atom stereocenters. The molecule has 2 rings (SSSR count). The molecule has 0 aliphatic heterocycles. The van der Waals surface area contributed by atoms with E-state index in [2.05, 4.69) is 20.9 Å². The maximum Gasteiger partial charge on any atom is 0.270 e. The number of benzene rings is 1. The molecule has 0 fully saturated rings. The third-order valence-corrected chi connectivity index (χ3v) is 2.71. The summed E-state index contributed by atoms with van der Waals surface area (Å²) in [5, 5.41) is 0.440. The van der Waals surface area contributed by atoms with Gasteiger partial charge in [0.15, 0.2) is 0 Å². The zero-order valence-electron chi connectivity index (χ0n) is 8.08. The lowest BCUT2D eigenvalue weighted by Gasteiger charge is -2.02. The summed E-state index contributed by atoms with van der Waals surface area (Å²) in [6.07, 6.45) is 1.35. The molecule has 0 aliphatic carbocycles. The van der Waals surface area contributed by atoms with Gasteiger partial charge in [-0.2, -0.15) is 0 Å². The van der Waals surface area contributed by atoms with Crippen LogP contribution < -0.4 is 16.7 Å². The van der Waals surface area contributed by atoms with Gasteiger partial charge in [0, 0.05) is 21.6 Å². The number of aromatic amines is 1. The third kappa shape index (κ3) is 1.72. The molecule has 0 saturated heterocycles. The van der Waals surface area contributed by atoms with Crippen molar-refractivity contribution in [2.75, 3.05) is 0 Å². The van der Waals surface area contributed by atoms with Crippen LogP contribution in [0.4, 0.5) is 0 Å². The van der Waals surface area contributed by atoms with Crippen LogP contribution >= 0.6 is 15.9 Å². The van der Waals surface area contributed by atoms with Crippen molar-refractivity contribution >= 4 is 32.7 Å². The Labute approximate surface area is 98.7 Å². The molecule has 6 heteroatoms. The topological polar surface area (TPSA) is 88.0 Å². The molecule has 5 nitrogen and oxygen atoms in total. The van der Waals surface area contributed by atoms with Crippen molar-refractivity contribution < 1.29 is 4.79 Å². The van der Waals surface area contributed by atoms with Gasteiger partial charge in [-0.1, -0.05) is 15.9 Å². The molecule has 16 heavy (non-hydrogen) atoms. The summed E-state index contributed by atoms with van der Waals surface area (Å²) in [4.78, 5) is 26.1. The minimum Gasteiger partial charge on any atom is -0.360 e. The van der Waals surface area contributed by atoms with Crippen molar-refractivity contribution in [1.82, 2.24) is 10.4 Å². The molecule has 82 valence electrons. The van der Waals surface area contributed by atoms with Gasteiger partial charge in [-0.05, 0) is 18.2 Å². The predicted molar refractivity (Wildman–Crippen MR) is 63.9 cm³/mol. The van der Waals surface area contributed by atoms with E-state index in [1.165, 1.54) is 6.20 Å². The number of rotatable bonds is 1. The van der Waals surface area contributed by atoms with Gasteiger partial charge in [0.05, 0.1) is 0 Å². The average molecular weight is 282 g/mol. The lowest BCUT2D eigenvalue weighted by Crippen LogP contribution is -2.33. The molecule has 0 radical (unpaired) electrons. The van der Waals surface area contributed by atoms with Gasteiger partial charge in [0.2, 0.25) is 5.43 Å². The molecule has 1 aromatic carbocycles. The van der Waals surface area contributed by atoms with Crippen LogP contribution in [0, 0.1) is 0 Å². The normalized spacial score (nSPS) is 10.4. The quantitative estimate of drug-likeness (QED) is 0.412. The average Bonchev–Trinajstić information content (AvgIpc) is 2.29. The maximum atomic E-state index is 11.9. The lowest BCUT2D eigenvalue weighted by molar-refractivity contribution is 0.0952. The first-order valence-electron chi connectivity index (χ1n) is 4.45. The summed E-state index contributed by atoms with van der Waals surface area (Å²) < 4.78 is 0.774. The van der Waals surface area contributed by atoms with Crippen molar-refractivity contribution in [2.24, 2.45) is 5.84 Å². The summed E-state index contributed by atoms with van der Waals surface area (Å²) in [7, 11) is 0. The number of pyridine rings is 1. The Hall–Kier alpha value is -1.66. The van der Waals surface area contributed by atoms with Crippen LogP contribution in [0.1, 0.15) is 10.4 Å². The van der Waals surface area contributed by atoms with Gasteiger partial charge >= 0.3 is 0 Å². The minimum absolute atomic E-state index is 0.00639. The largest absolute Gasteiger partial charge is 0.360 e. The molecule has 0 unspecified atom stereocenters. The van der Waals surface area contributed by atoms with Crippen LogP contribution in [0.15, 0.2) is 33.7 Å². The van der Waals surface area contributed by atoms with Crippen LogP contribution in [0.5, 0.6) is 0 Å². The minimum atomic E-state index is -0.608. The number of nitrogens with two attached hydrogens (primary N) is 1. The molecule has 0 bridgehead atoms. The summed E-state index contributed by atoms with van der Waals surface area (Å²) in [5.41, 5.74) is 2.24. The van der Waals surface area contributed by atoms with Gasteiger partial charge in [-0.15, -0.1) is 0 Å². The Morgan fingerprint density at radius 1 is 1.44 bits per heavy atom. The first-order valence-corrected chi connectivity index (χ1v) is 5.24. The van der Waals surface area contributed by atoms with Gasteiger partial charge in [0.25, 0.3) is 5.91 Å². The Bertz CT molecular complexity index is 621. The first-order chi connectivity index (χ1) is 7.63. The van der Waals surface area contributed by atoms with Gasteiger partial charge < -0.3 is 4.98 Å². The Morgan fingerprint density at radius 2 is 2.19 bits per heavy atom. The van der Waals surface area contributed by atoms with E-state index < -0.39 is 5.91 Å². The highest BCUT2D eigenvalue weighted by Gasteiger charge is 2.11. The van der Waals surface area contributed by atoms with E-state index in [0.29, 0.717) is 10.9 Å². The predicted octanol–water partition coefficient (Wildman–Crippen LogP) is 0.894. The van der Waals surface area contributed by atoms with Gasteiger partial charge in [-0.25, -0.2) is 5.84 Å². The highest BCUT2D eigenvalue weighted by atomic mass is 79.9. The molecule has 1 aromatic heterocycles. The molecular weight excluding hydrogens is 274 g/mol. The second kappa shape index (κ2) is 4.07. The maximum absolute atomic E-state index is 11.9. The smallest absolute Gasteiger partial charge is 0.270 e. The molecule has 1 amide bonds. The number of aromatic nitrogens is 1. The van der Waals surface area contributed by atoms with E-state index in [1.807, 2.05) is 5.43 Å². The number of amides is 1. The number of carbonyl (C=O) groups excluding carboxylic acids is 1. The second-order valence-corrected chi connectivity index (χ2v) is 4.11. The number of fused-ring (bicyclic) bond motifs is 1. The Balaban J connectivity index is 2.78. The highest BCUT2D eigenvalue weighted by molar-refractivity contribution is 9.10. The molecular formula is C10H8BrN3O2. The van der Waals surface area contributed by atoms with Crippen molar-refractivity contribution in [3.8, 4) is 0 Å². The number of hydrogen-bond acceptors (Lipinski definition) is 3. The number of H-pyrrole nitrogens is 1. The van der Waals surface area contributed by atoms with Crippen molar-refractivity contribution in [1.29, 1.82) is 0 Å². The van der Waals surface area contributed by atoms with Gasteiger partial charge in [-0.3, -0.25) is 15.0 Å². The fourth-order valence-corrected chi connectivity index (χ4v) is 1.80. The molecule has 0 spiro atoms. The number of halogens is 1. The van der Waals surface area contributed by atoms with Gasteiger partial charge in [0.1, 0.15) is 5.56 Å². The van der Waals surface area contributed by atoms with Crippen LogP contribution in [-0.4, -0.2) is 10.9 Å². The van der Waals surface area contributed by atoms with Crippen LogP contribution in [0.25, 0.3) is 10.9 Å². The van der Waals surface area contributed by atoms with E-state index in [-0.39, 0.29) is 11.0 Å². The number of hydrazine groups is 1. The van der Waals surface area contributed by atoms with Crippen molar-refractivity contribution in [3.63, 3.8) is 0 Å². The van der Waals surface area contributed by atoms with Crippen LogP contribution in [0.3, 0.4) is 0 Å². The molecule has 2 aromatic rings. The Kier molecular flexibility index (Phi) is 2.76. The lowest BCUT2D eigenvalue weighted by atomic mass is 10.1. The Morgan fingerprint density at radius 3 is 2.88 bits per heavy atom. The summed E-state index contributed by atoms with van der Waals surface area (Å²) >= 11 is 3.27. The number of nitrogen functional groups attached to an aromatic ring is 1. The van der Waals surface area contributed by atoms with Crippen molar-refractivity contribution in [3.05, 3.63) is 44.7 Å². The SMILES string of the molecule is NNC(=O)c1c[nH]c2ccc(Br)cc2c1=O. The van der Waals surface area contributed by atoms with E-state index in [4.69, 9.17) is 5.84 Å². The highest BCUT2D eigenvalue weighted by Crippen LogP contribution is 2.15. The number of carbonyl (C=O) groups is 1. The number of hydrogen-bond donors (Lipinski definition) is 3. The fourth-order valence-electron chi connectivity index (χ4n) is 1.44. The number of nitrogens with one attached hydrogen (secondary N) is 2. The second-order valence-electron chi connectivity index (χ2n) is 3.19. The zero-order valence-corrected chi connectivity index (χ0v) is 9.67.